The lowest BCUT2D eigenvalue weighted by atomic mass is 10.0. The zero-order chi connectivity index (χ0) is 17.6. The van der Waals surface area contributed by atoms with Crippen molar-refractivity contribution in [3.8, 4) is 0 Å². The van der Waals surface area contributed by atoms with E-state index in [4.69, 9.17) is 5.11 Å². The summed E-state index contributed by atoms with van der Waals surface area (Å²) in [4.78, 5) is 22.8. The molecule has 24 heavy (non-hydrogen) atoms. The first-order valence-electron chi connectivity index (χ1n) is 7.89. The number of aliphatic carboxylic acids is 1. The molecule has 0 radical (unpaired) electrons. The second-order valence-electron chi connectivity index (χ2n) is 5.96. The molecule has 1 aliphatic carbocycles. The van der Waals surface area contributed by atoms with Crippen molar-refractivity contribution < 1.29 is 23.1 Å². The molecule has 1 fully saturated rings. The van der Waals surface area contributed by atoms with Crippen LogP contribution in [0.3, 0.4) is 0 Å². The fraction of sp³-hybridized carbons (Fsp3) is 0.500. The SMILES string of the molecule is O=C(O)[C@@H]1CC[C@H](C(=O)NCCS(=O)(=O)NCc2ccccc2)C1. The van der Waals surface area contributed by atoms with Crippen molar-refractivity contribution >= 4 is 21.9 Å². The minimum absolute atomic E-state index is 0.0111. The molecule has 0 bridgehead atoms. The van der Waals surface area contributed by atoms with E-state index in [-0.39, 0.29) is 30.7 Å². The van der Waals surface area contributed by atoms with E-state index in [1.54, 1.807) is 0 Å². The molecule has 3 N–H and O–H groups in total. The molecule has 0 spiro atoms. The molecule has 0 saturated heterocycles. The fourth-order valence-electron chi connectivity index (χ4n) is 2.76. The van der Waals surface area contributed by atoms with Gasteiger partial charge in [0.15, 0.2) is 0 Å². The van der Waals surface area contributed by atoms with Crippen LogP contribution in [0.4, 0.5) is 0 Å². The highest BCUT2D eigenvalue weighted by Gasteiger charge is 2.33. The smallest absolute Gasteiger partial charge is 0.306 e. The van der Waals surface area contributed by atoms with Crippen LogP contribution in [0.5, 0.6) is 0 Å². The molecule has 0 heterocycles. The number of hydrogen-bond acceptors (Lipinski definition) is 4. The Bertz CT molecular complexity index is 675. The van der Waals surface area contributed by atoms with E-state index >= 15 is 0 Å². The maximum absolute atomic E-state index is 12.0. The third-order valence-corrected chi connectivity index (χ3v) is 5.49. The number of rotatable bonds is 8. The summed E-state index contributed by atoms with van der Waals surface area (Å²) in [5.41, 5.74) is 0.857. The van der Waals surface area contributed by atoms with Crippen LogP contribution in [0.25, 0.3) is 0 Å². The monoisotopic (exact) mass is 354 g/mol. The van der Waals surface area contributed by atoms with Gasteiger partial charge in [-0.25, -0.2) is 13.1 Å². The summed E-state index contributed by atoms with van der Waals surface area (Å²) in [6.07, 6.45) is 1.34. The molecule has 132 valence electrons. The van der Waals surface area contributed by atoms with Crippen LogP contribution in [0.1, 0.15) is 24.8 Å². The van der Waals surface area contributed by atoms with Gasteiger partial charge in [0.25, 0.3) is 0 Å². The maximum Gasteiger partial charge on any atom is 0.306 e. The van der Waals surface area contributed by atoms with Gasteiger partial charge in [-0.2, -0.15) is 0 Å². The standard InChI is InChI=1S/C16H22N2O5S/c19-15(13-6-7-14(10-13)16(20)21)17-8-9-24(22,23)18-11-12-4-2-1-3-5-12/h1-5,13-14,18H,6-11H2,(H,17,19)(H,20,21)/t13-,14+/m0/s1. The number of amides is 1. The molecule has 1 aromatic rings. The molecule has 2 rings (SSSR count). The average Bonchev–Trinajstić information content (AvgIpc) is 3.04. The third kappa shape index (κ3) is 5.61. The number of carbonyl (C=O) groups is 2. The zero-order valence-corrected chi connectivity index (χ0v) is 14.1. The molecule has 0 aliphatic heterocycles. The first-order valence-corrected chi connectivity index (χ1v) is 9.54. The minimum atomic E-state index is -3.48. The molecule has 1 saturated carbocycles. The predicted octanol–water partition coefficient (Wildman–Crippen LogP) is 0.723. The van der Waals surface area contributed by atoms with Crippen LogP contribution < -0.4 is 10.0 Å². The van der Waals surface area contributed by atoms with Crippen molar-refractivity contribution in [1.82, 2.24) is 10.0 Å². The summed E-state index contributed by atoms with van der Waals surface area (Å²) in [7, 11) is -3.48. The van der Waals surface area contributed by atoms with Crippen LogP contribution >= 0.6 is 0 Å². The second-order valence-corrected chi connectivity index (χ2v) is 7.89. The summed E-state index contributed by atoms with van der Waals surface area (Å²) in [5.74, 6) is -2.17. The van der Waals surface area contributed by atoms with Gasteiger partial charge in [-0.15, -0.1) is 0 Å². The van der Waals surface area contributed by atoms with Gasteiger partial charge in [0.1, 0.15) is 0 Å². The van der Waals surface area contributed by atoms with Crippen molar-refractivity contribution in [3.05, 3.63) is 35.9 Å². The van der Waals surface area contributed by atoms with E-state index in [9.17, 15) is 18.0 Å². The number of hydrogen-bond donors (Lipinski definition) is 3. The summed E-state index contributed by atoms with van der Waals surface area (Å²) in [6, 6.07) is 9.16. The second kappa shape index (κ2) is 8.25. The van der Waals surface area contributed by atoms with Gasteiger partial charge in [0.2, 0.25) is 15.9 Å². The van der Waals surface area contributed by atoms with Crippen LogP contribution in [-0.4, -0.2) is 37.7 Å². The number of carbonyl (C=O) groups excluding carboxylic acids is 1. The number of carboxylic acid groups (broad SMARTS) is 1. The van der Waals surface area contributed by atoms with Gasteiger partial charge in [-0.1, -0.05) is 30.3 Å². The minimum Gasteiger partial charge on any atom is -0.481 e. The van der Waals surface area contributed by atoms with E-state index in [2.05, 4.69) is 10.0 Å². The van der Waals surface area contributed by atoms with E-state index in [1.165, 1.54) is 0 Å². The lowest BCUT2D eigenvalue weighted by Crippen LogP contribution is -2.36. The highest BCUT2D eigenvalue weighted by atomic mass is 32.2. The van der Waals surface area contributed by atoms with Crippen LogP contribution in [0, 0.1) is 11.8 Å². The Labute approximate surface area is 141 Å². The molecule has 0 unspecified atom stereocenters. The van der Waals surface area contributed by atoms with Crippen molar-refractivity contribution in [1.29, 1.82) is 0 Å². The molecular weight excluding hydrogens is 332 g/mol. The van der Waals surface area contributed by atoms with Crippen molar-refractivity contribution in [2.45, 2.75) is 25.8 Å². The largest absolute Gasteiger partial charge is 0.481 e. The third-order valence-electron chi connectivity index (χ3n) is 4.16. The Hall–Kier alpha value is -1.93. The summed E-state index contributed by atoms with van der Waals surface area (Å²) in [6.45, 7) is 0.219. The van der Waals surface area contributed by atoms with Crippen molar-refractivity contribution in [2.75, 3.05) is 12.3 Å². The summed E-state index contributed by atoms with van der Waals surface area (Å²) < 4.78 is 26.3. The molecule has 8 heteroatoms. The lowest BCUT2D eigenvalue weighted by Gasteiger charge is -2.11. The Morgan fingerprint density at radius 3 is 2.42 bits per heavy atom. The van der Waals surface area contributed by atoms with Gasteiger partial charge in [0, 0.05) is 19.0 Å². The predicted molar refractivity (Wildman–Crippen MR) is 88.5 cm³/mol. The number of sulfonamides is 1. The Morgan fingerprint density at radius 1 is 1.12 bits per heavy atom. The normalized spacial score (nSPS) is 20.7. The molecule has 1 aromatic carbocycles. The van der Waals surface area contributed by atoms with E-state index in [0.717, 1.165) is 5.56 Å². The van der Waals surface area contributed by atoms with Crippen molar-refractivity contribution in [2.24, 2.45) is 11.8 Å². The topological polar surface area (TPSA) is 113 Å². The van der Waals surface area contributed by atoms with Gasteiger partial charge in [-0.05, 0) is 24.8 Å². The van der Waals surface area contributed by atoms with Crippen molar-refractivity contribution in [3.63, 3.8) is 0 Å². The van der Waals surface area contributed by atoms with Crippen LogP contribution in [0.15, 0.2) is 30.3 Å². The highest BCUT2D eigenvalue weighted by Crippen LogP contribution is 2.30. The Morgan fingerprint density at radius 2 is 1.79 bits per heavy atom. The first kappa shape index (κ1) is 18.4. The molecule has 1 aliphatic rings. The average molecular weight is 354 g/mol. The first-order chi connectivity index (χ1) is 11.4. The van der Waals surface area contributed by atoms with E-state index < -0.39 is 21.9 Å². The summed E-state index contributed by atoms with van der Waals surface area (Å²) >= 11 is 0. The molecule has 2 atom stereocenters. The van der Waals surface area contributed by atoms with Crippen LogP contribution in [0.2, 0.25) is 0 Å². The van der Waals surface area contributed by atoms with Gasteiger partial charge in [-0.3, -0.25) is 9.59 Å². The Kier molecular flexibility index (Phi) is 6.33. The number of benzene rings is 1. The molecular formula is C16H22N2O5S. The number of nitrogens with one attached hydrogen (secondary N) is 2. The van der Waals surface area contributed by atoms with E-state index in [0.29, 0.717) is 19.3 Å². The Balaban J connectivity index is 1.71. The molecule has 1 amide bonds. The highest BCUT2D eigenvalue weighted by molar-refractivity contribution is 7.89. The zero-order valence-electron chi connectivity index (χ0n) is 13.3. The quantitative estimate of drug-likeness (QED) is 0.637. The fourth-order valence-corrected chi connectivity index (χ4v) is 3.66. The van der Waals surface area contributed by atoms with Gasteiger partial charge < -0.3 is 10.4 Å². The van der Waals surface area contributed by atoms with Crippen LogP contribution in [-0.2, 0) is 26.2 Å². The molecule has 0 aromatic heterocycles. The van der Waals surface area contributed by atoms with Gasteiger partial charge >= 0.3 is 5.97 Å². The van der Waals surface area contributed by atoms with Gasteiger partial charge in [0.05, 0.1) is 11.7 Å². The molecule has 7 nitrogen and oxygen atoms in total. The summed E-state index contributed by atoms with van der Waals surface area (Å²) in [5, 5.41) is 11.5. The van der Waals surface area contributed by atoms with E-state index in [1.807, 2.05) is 30.3 Å². The number of carboxylic acids is 1. The maximum atomic E-state index is 12.0. The lowest BCUT2D eigenvalue weighted by molar-refractivity contribution is -0.141.